The maximum atomic E-state index is 13.2. The van der Waals surface area contributed by atoms with Crippen molar-refractivity contribution in [2.75, 3.05) is 19.7 Å². The van der Waals surface area contributed by atoms with Gasteiger partial charge in [-0.1, -0.05) is 56.3 Å². The number of aliphatic hydroxyl groups is 1. The molecule has 2 atom stereocenters. The standard InChI is InChI=1S/C23H27NO3/c1-22(2)14-23(16-25)15-24(12-20(22)23)21(26)18-10-6-7-11-19(18)27-13-17-8-4-3-5-9-17/h3-11,20,25H,12-16H2,1-2H3/t20-,23-/m1/s1. The first-order valence-electron chi connectivity index (χ1n) is 9.61. The number of likely N-dealkylation sites (tertiary alicyclic amines) is 1. The van der Waals surface area contributed by atoms with E-state index in [1.807, 2.05) is 59.5 Å². The summed E-state index contributed by atoms with van der Waals surface area (Å²) in [5, 5.41) is 9.95. The number of ether oxygens (including phenoxy) is 1. The second kappa shape index (κ2) is 6.68. The first-order valence-corrected chi connectivity index (χ1v) is 9.61. The summed E-state index contributed by atoms with van der Waals surface area (Å²) in [7, 11) is 0. The average molecular weight is 365 g/mol. The van der Waals surface area contributed by atoms with Crippen LogP contribution in [-0.2, 0) is 6.61 Å². The van der Waals surface area contributed by atoms with Gasteiger partial charge >= 0.3 is 0 Å². The zero-order valence-electron chi connectivity index (χ0n) is 16.0. The normalized spacial score (nSPS) is 25.6. The molecule has 142 valence electrons. The van der Waals surface area contributed by atoms with Crippen LogP contribution in [-0.4, -0.2) is 35.6 Å². The molecule has 2 fully saturated rings. The lowest BCUT2D eigenvalue weighted by Gasteiger charge is -2.55. The minimum atomic E-state index is -0.126. The highest BCUT2D eigenvalue weighted by molar-refractivity contribution is 5.97. The van der Waals surface area contributed by atoms with Gasteiger partial charge in [-0.25, -0.2) is 0 Å². The monoisotopic (exact) mass is 365 g/mol. The van der Waals surface area contributed by atoms with E-state index in [1.54, 1.807) is 0 Å². The van der Waals surface area contributed by atoms with Gasteiger partial charge in [0.2, 0.25) is 0 Å². The van der Waals surface area contributed by atoms with Gasteiger partial charge in [-0.15, -0.1) is 0 Å². The summed E-state index contributed by atoms with van der Waals surface area (Å²) >= 11 is 0. The zero-order chi connectivity index (χ0) is 19.1. The minimum absolute atomic E-state index is 0.00307. The van der Waals surface area contributed by atoms with Crippen molar-refractivity contribution >= 4 is 5.91 Å². The van der Waals surface area contributed by atoms with E-state index in [2.05, 4.69) is 13.8 Å². The Morgan fingerprint density at radius 3 is 2.52 bits per heavy atom. The van der Waals surface area contributed by atoms with E-state index in [-0.39, 0.29) is 23.3 Å². The molecular formula is C23H27NO3. The summed E-state index contributed by atoms with van der Waals surface area (Å²) in [5.74, 6) is 0.968. The molecule has 0 spiro atoms. The Hall–Kier alpha value is -2.33. The molecule has 0 bridgehead atoms. The number of hydrogen-bond donors (Lipinski definition) is 1. The van der Waals surface area contributed by atoms with Crippen LogP contribution >= 0.6 is 0 Å². The highest BCUT2D eigenvalue weighted by Crippen LogP contribution is 2.62. The molecular weight excluding hydrogens is 338 g/mol. The molecule has 1 heterocycles. The minimum Gasteiger partial charge on any atom is -0.488 e. The summed E-state index contributed by atoms with van der Waals surface area (Å²) in [4.78, 5) is 15.1. The van der Waals surface area contributed by atoms with Gasteiger partial charge in [0.15, 0.2) is 0 Å². The number of fused-ring (bicyclic) bond motifs is 1. The molecule has 27 heavy (non-hydrogen) atoms. The van der Waals surface area contributed by atoms with Crippen molar-refractivity contribution in [2.45, 2.75) is 26.9 Å². The third kappa shape index (κ3) is 3.12. The van der Waals surface area contributed by atoms with Crippen LogP contribution in [0.5, 0.6) is 5.75 Å². The van der Waals surface area contributed by atoms with E-state index in [0.29, 0.717) is 36.9 Å². The largest absolute Gasteiger partial charge is 0.488 e. The Morgan fingerprint density at radius 2 is 1.85 bits per heavy atom. The van der Waals surface area contributed by atoms with Crippen molar-refractivity contribution in [3.05, 3.63) is 65.7 Å². The van der Waals surface area contributed by atoms with E-state index in [1.165, 1.54) is 0 Å². The lowest BCUT2D eigenvalue weighted by molar-refractivity contribution is -0.0977. The molecule has 4 rings (SSSR count). The van der Waals surface area contributed by atoms with Crippen molar-refractivity contribution in [3.8, 4) is 5.75 Å². The van der Waals surface area contributed by atoms with Crippen LogP contribution in [0.15, 0.2) is 54.6 Å². The van der Waals surface area contributed by atoms with Crippen LogP contribution in [0.1, 0.15) is 36.2 Å². The fraction of sp³-hybridized carbons (Fsp3) is 0.435. The maximum absolute atomic E-state index is 13.2. The number of hydrogen-bond acceptors (Lipinski definition) is 3. The molecule has 1 N–H and O–H groups in total. The van der Waals surface area contributed by atoms with Crippen LogP contribution in [0.2, 0.25) is 0 Å². The van der Waals surface area contributed by atoms with Crippen molar-refractivity contribution < 1.29 is 14.6 Å². The molecule has 1 aliphatic carbocycles. The smallest absolute Gasteiger partial charge is 0.257 e. The summed E-state index contributed by atoms with van der Waals surface area (Å²) < 4.78 is 5.97. The van der Waals surface area contributed by atoms with Gasteiger partial charge in [-0.3, -0.25) is 4.79 Å². The second-order valence-corrected chi connectivity index (χ2v) is 8.69. The first-order chi connectivity index (χ1) is 13.0. The van der Waals surface area contributed by atoms with E-state index in [9.17, 15) is 9.90 Å². The summed E-state index contributed by atoms with van der Waals surface area (Å²) in [6.07, 6.45) is 0.969. The fourth-order valence-electron chi connectivity index (χ4n) is 5.17. The fourth-order valence-corrected chi connectivity index (χ4v) is 5.17. The Balaban J connectivity index is 1.51. The number of para-hydroxylation sites is 1. The Morgan fingerprint density at radius 1 is 1.15 bits per heavy atom. The molecule has 1 saturated heterocycles. The second-order valence-electron chi connectivity index (χ2n) is 8.69. The highest BCUT2D eigenvalue weighted by atomic mass is 16.5. The Kier molecular flexibility index (Phi) is 4.47. The van der Waals surface area contributed by atoms with Crippen LogP contribution in [0, 0.1) is 16.7 Å². The Bertz CT molecular complexity index is 833. The number of rotatable bonds is 5. The van der Waals surface area contributed by atoms with E-state index < -0.39 is 0 Å². The molecule has 1 saturated carbocycles. The molecule has 4 heteroatoms. The quantitative estimate of drug-likeness (QED) is 0.878. The first kappa shape index (κ1) is 18.1. The van der Waals surface area contributed by atoms with E-state index in [4.69, 9.17) is 4.74 Å². The maximum Gasteiger partial charge on any atom is 0.257 e. The topological polar surface area (TPSA) is 49.8 Å². The molecule has 2 aromatic rings. The van der Waals surface area contributed by atoms with Crippen molar-refractivity contribution in [2.24, 2.45) is 16.7 Å². The molecule has 0 aromatic heterocycles. The van der Waals surface area contributed by atoms with E-state index >= 15 is 0 Å². The van der Waals surface area contributed by atoms with Gasteiger partial charge in [-0.2, -0.15) is 0 Å². The van der Waals surface area contributed by atoms with Crippen LogP contribution < -0.4 is 4.74 Å². The van der Waals surface area contributed by atoms with Gasteiger partial charge < -0.3 is 14.7 Å². The number of carbonyl (C=O) groups is 1. The number of amides is 1. The van der Waals surface area contributed by atoms with Crippen molar-refractivity contribution in [3.63, 3.8) is 0 Å². The van der Waals surface area contributed by atoms with Gasteiger partial charge in [0.25, 0.3) is 5.91 Å². The zero-order valence-corrected chi connectivity index (χ0v) is 16.0. The third-order valence-corrected chi connectivity index (χ3v) is 6.36. The van der Waals surface area contributed by atoms with Crippen LogP contribution in [0.4, 0.5) is 0 Å². The number of carbonyl (C=O) groups excluding carboxylic acids is 1. The summed E-state index contributed by atoms with van der Waals surface area (Å²) in [6, 6.07) is 17.4. The van der Waals surface area contributed by atoms with Gasteiger partial charge in [-0.05, 0) is 35.4 Å². The Labute approximate surface area is 160 Å². The molecule has 0 unspecified atom stereocenters. The van der Waals surface area contributed by atoms with Crippen LogP contribution in [0.3, 0.4) is 0 Å². The molecule has 2 aromatic carbocycles. The lowest BCUT2D eigenvalue weighted by atomic mass is 9.48. The molecule has 4 nitrogen and oxygen atoms in total. The van der Waals surface area contributed by atoms with Crippen molar-refractivity contribution in [1.29, 1.82) is 0 Å². The molecule has 2 aliphatic rings. The lowest BCUT2D eigenvalue weighted by Crippen LogP contribution is -2.54. The predicted octanol–water partition coefficient (Wildman–Crippen LogP) is 3.75. The van der Waals surface area contributed by atoms with E-state index in [0.717, 1.165) is 12.0 Å². The molecule has 1 amide bonds. The third-order valence-electron chi connectivity index (χ3n) is 6.36. The van der Waals surface area contributed by atoms with Crippen molar-refractivity contribution in [1.82, 2.24) is 4.90 Å². The summed E-state index contributed by atoms with van der Waals surface area (Å²) in [6.45, 7) is 6.38. The SMILES string of the molecule is CC1(C)C[C@]2(CO)CN(C(=O)c3ccccc3OCc3ccccc3)C[C@H]12. The number of benzene rings is 2. The average Bonchev–Trinajstić information content (AvgIpc) is 3.02. The van der Waals surface area contributed by atoms with Crippen LogP contribution in [0.25, 0.3) is 0 Å². The highest BCUT2D eigenvalue weighted by Gasteiger charge is 2.63. The number of aliphatic hydroxyl groups excluding tert-OH is 1. The molecule has 0 radical (unpaired) electrons. The molecule has 1 aliphatic heterocycles. The number of nitrogens with zero attached hydrogens (tertiary/aromatic N) is 1. The summed E-state index contributed by atoms with van der Waals surface area (Å²) in [5.41, 5.74) is 1.72. The van der Waals surface area contributed by atoms with Gasteiger partial charge in [0.1, 0.15) is 12.4 Å². The van der Waals surface area contributed by atoms with Gasteiger partial charge in [0.05, 0.1) is 12.2 Å². The predicted molar refractivity (Wildman–Crippen MR) is 105 cm³/mol. The van der Waals surface area contributed by atoms with Gasteiger partial charge in [0, 0.05) is 18.5 Å².